The van der Waals surface area contributed by atoms with Gasteiger partial charge in [0.2, 0.25) is 0 Å². The van der Waals surface area contributed by atoms with Crippen molar-refractivity contribution in [3.63, 3.8) is 0 Å². The van der Waals surface area contributed by atoms with E-state index < -0.39 is 5.60 Å². The van der Waals surface area contributed by atoms with Gasteiger partial charge in [-0.15, -0.1) is 0 Å². The molecule has 0 aromatic carbocycles. The second kappa shape index (κ2) is 4.24. The van der Waals surface area contributed by atoms with Crippen LogP contribution in [-0.2, 0) is 4.74 Å². The SMILES string of the molecule is CCCCC(C)(O)C1CCOC1. The molecular weight excluding hydrogens is 152 g/mol. The van der Waals surface area contributed by atoms with Crippen LogP contribution in [0.15, 0.2) is 0 Å². The lowest BCUT2D eigenvalue weighted by molar-refractivity contribution is -0.0139. The molecule has 1 heterocycles. The fourth-order valence-corrected chi connectivity index (χ4v) is 1.76. The van der Waals surface area contributed by atoms with Crippen LogP contribution < -0.4 is 0 Å². The summed E-state index contributed by atoms with van der Waals surface area (Å²) < 4.78 is 5.26. The standard InChI is InChI=1S/C10H20O2/c1-3-4-6-10(2,11)9-5-7-12-8-9/h9,11H,3-8H2,1-2H3. The quantitative estimate of drug-likeness (QED) is 0.702. The Balaban J connectivity index is 2.34. The van der Waals surface area contributed by atoms with Gasteiger partial charge in [0.25, 0.3) is 0 Å². The Kier molecular flexibility index (Phi) is 3.53. The Labute approximate surface area is 74.9 Å². The highest BCUT2D eigenvalue weighted by Gasteiger charge is 2.33. The van der Waals surface area contributed by atoms with Gasteiger partial charge in [-0.2, -0.15) is 0 Å². The summed E-state index contributed by atoms with van der Waals surface area (Å²) in [5, 5.41) is 10.1. The number of hydrogen-bond acceptors (Lipinski definition) is 2. The van der Waals surface area contributed by atoms with Gasteiger partial charge >= 0.3 is 0 Å². The van der Waals surface area contributed by atoms with E-state index in [0.29, 0.717) is 5.92 Å². The summed E-state index contributed by atoms with van der Waals surface area (Å²) in [6, 6.07) is 0. The highest BCUT2D eigenvalue weighted by molar-refractivity contribution is 4.84. The van der Waals surface area contributed by atoms with Crippen molar-refractivity contribution in [3.05, 3.63) is 0 Å². The van der Waals surface area contributed by atoms with Crippen LogP contribution in [0, 0.1) is 5.92 Å². The van der Waals surface area contributed by atoms with E-state index >= 15 is 0 Å². The summed E-state index contributed by atoms with van der Waals surface area (Å²) in [6.45, 7) is 5.67. The number of hydrogen-bond donors (Lipinski definition) is 1. The molecule has 72 valence electrons. The minimum atomic E-state index is -0.494. The predicted octanol–water partition coefficient (Wildman–Crippen LogP) is 1.96. The molecule has 1 aliphatic heterocycles. The van der Waals surface area contributed by atoms with Crippen LogP contribution in [0.3, 0.4) is 0 Å². The van der Waals surface area contributed by atoms with Crippen molar-refractivity contribution in [2.75, 3.05) is 13.2 Å². The molecule has 2 nitrogen and oxygen atoms in total. The van der Waals surface area contributed by atoms with E-state index in [2.05, 4.69) is 6.92 Å². The first-order chi connectivity index (χ1) is 5.67. The Bertz CT molecular complexity index is 126. The van der Waals surface area contributed by atoms with E-state index in [9.17, 15) is 5.11 Å². The first kappa shape index (κ1) is 10.0. The number of aliphatic hydroxyl groups is 1. The normalized spacial score (nSPS) is 28.8. The first-order valence-corrected chi connectivity index (χ1v) is 4.97. The molecule has 0 amide bonds. The van der Waals surface area contributed by atoms with E-state index in [-0.39, 0.29) is 0 Å². The van der Waals surface area contributed by atoms with Gasteiger partial charge in [-0.3, -0.25) is 0 Å². The van der Waals surface area contributed by atoms with Crippen molar-refractivity contribution in [2.24, 2.45) is 5.92 Å². The van der Waals surface area contributed by atoms with Crippen LogP contribution in [0.5, 0.6) is 0 Å². The fourth-order valence-electron chi connectivity index (χ4n) is 1.76. The summed E-state index contributed by atoms with van der Waals surface area (Å²) in [6.07, 6.45) is 4.21. The number of ether oxygens (including phenoxy) is 1. The zero-order valence-corrected chi connectivity index (χ0v) is 8.18. The average molecular weight is 172 g/mol. The van der Waals surface area contributed by atoms with Gasteiger partial charge in [-0.05, 0) is 19.8 Å². The molecule has 1 rings (SSSR count). The van der Waals surface area contributed by atoms with Crippen LogP contribution in [0.2, 0.25) is 0 Å². The Morgan fingerprint density at radius 1 is 1.58 bits per heavy atom. The molecule has 1 fully saturated rings. The van der Waals surface area contributed by atoms with Crippen molar-refractivity contribution < 1.29 is 9.84 Å². The molecule has 2 atom stereocenters. The van der Waals surface area contributed by atoms with Gasteiger partial charge in [-0.1, -0.05) is 19.8 Å². The van der Waals surface area contributed by atoms with Crippen LogP contribution in [-0.4, -0.2) is 23.9 Å². The highest BCUT2D eigenvalue weighted by Crippen LogP contribution is 2.29. The lowest BCUT2D eigenvalue weighted by Gasteiger charge is -2.28. The van der Waals surface area contributed by atoms with Crippen LogP contribution in [0.4, 0.5) is 0 Å². The molecule has 1 N–H and O–H groups in total. The van der Waals surface area contributed by atoms with Crippen LogP contribution >= 0.6 is 0 Å². The van der Waals surface area contributed by atoms with Crippen LogP contribution in [0.1, 0.15) is 39.5 Å². The molecule has 1 saturated heterocycles. The van der Waals surface area contributed by atoms with E-state index in [1.165, 1.54) is 0 Å². The molecule has 0 spiro atoms. The molecule has 0 aliphatic carbocycles. The van der Waals surface area contributed by atoms with Crippen molar-refractivity contribution in [1.29, 1.82) is 0 Å². The lowest BCUT2D eigenvalue weighted by atomic mass is 9.84. The molecule has 1 aliphatic rings. The van der Waals surface area contributed by atoms with Gasteiger partial charge < -0.3 is 9.84 Å². The van der Waals surface area contributed by atoms with Gasteiger partial charge in [0.05, 0.1) is 12.2 Å². The third kappa shape index (κ3) is 2.46. The highest BCUT2D eigenvalue weighted by atomic mass is 16.5. The monoisotopic (exact) mass is 172 g/mol. The molecule has 0 aromatic rings. The summed E-state index contributed by atoms with van der Waals surface area (Å²) in [4.78, 5) is 0. The first-order valence-electron chi connectivity index (χ1n) is 4.97. The van der Waals surface area contributed by atoms with Crippen molar-refractivity contribution in [2.45, 2.75) is 45.1 Å². The van der Waals surface area contributed by atoms with Crippen LogP contribution in [0.25, 0.3) is 0 Å². The van der Waals surface area contributed by atoms with Crippen molar-refractivity contribution in [1.82, 2.24) is 0 Å². The summed E-state index contributed by atoms with van der Waals surface area (Å²) in [7, 11) is 0. The fraction of sp³-hybridized carbons (Fsp3) is 1.00. The third-order valence-corrected chi connectivity index (χ3v) is 2.85. The minimum absolute atomic E-state index is 0.365. The second-order valence-corrected chi connectivity index (χ2v) is 4.02. The Hall–Kier alpha value is -0.0800. The van der Waals surface area contributed by atoms with E-state index in [1.54, 1.807) is 0 Å². The predicted molar refractivity (Wildman–Crippen MR) is 49.1 cm³/mol. The van der Waals surface area contributed by atoms with Crippen molar-refractivity contribution in [3.8, 4) is 0 Å². The van der Waals surface area contributed by atoms with E-state index in [0.717, 1.165) is 38.9 Å². The smallest absolute Gasteiger partial charge is 0.0670 e. The zero-order valence-electron chi connectivity index (χ0n) is 8.18. The molecule has 0 bridgehead atoms. The summed E-state index contributed by atoms with van der Waals surface area (Å²) >= 11 is 0. The molecule has 0 radical (unpaired) electrons. The third-order valence-electron chi connectivity index (χ3n) is 2.85. The van der Waals surface area contributed by atoms with Gasteiger partial charge in [0.1, 0.15) is 0 Å². The summed E-state index contributed by atoms with van der Waals surface area (Å²) in [5.41, 5.74) is -0.494. The number of rotatable bonds is 4. The van der Waals surface area contributed by atoms with Crippen molar-refractivity contribution >= 4 is 0 Å². The van der Waals surface area contributed by atoms with E-state index in [4.69, 9.17) is 4.74 Å². The average Bonchev–Trinajstić information content (AvgIpc) is 2.53. The lowest BCUT2D eigenvalue weighted by Crippen LogP contribution is -2.34. The molecule has 0 aromatic heterocycles. The zero-order chi connectivity index (χ0) is 9.03. The van der Waals surface area contributed by atoms with Gasteiger partial charge in [0.15, 0.2) is 0 Å². The maximum absolute atomic E-state index is 10.1. The van der Waals surface area contributed by atoms with E-state index in [1.807, 2.05) is 6.92 Å². The molecular formula is C10H20O2. The molecule has 12 heavy (non-hydrogen) atoms. The Morgan fingerprint density at radius 2 is 2.33 bits per heavy atom. The topological polar surface area (TPSA) is 29.5 Å². The second-order valence-electron chi connectivity index (χ2n) is 4.02. The maximum Gasteiger partial charge on any atom is 0.0670 e. The summed E-state index contributed by atoms with van der Waals surface area (Å²) in [5.74, 6) is 0.365. The molecule has 2 unspecified atom stereocenters. The molecule has 0 saturated carbocycles. The Morgan fingerprint density at radius 3 is 2.83 bits per heavy atom. The maximum atomic E-state index is 10.1. The van der Waals surface area contributed by atoms with Gasteiger partial charge in [0, 0.05) is 12.5 Å². The number of unbranched alkanes of at least 4 members (excludes halogenated alkanes) is 1. The molecule has 2 heteroatoms. The minimum Gasteiger partial charge on any atom is -0.390 e. The van der Waals surface area contributed by atoms with Gasteiger partial charge in [-0.25, -0.2) is 0 Å². The largest absolute Gasteiger partial charge is 0.390 e.